The summed E-state index contributed by atoms with van der Waals surface area (Å²) in [5.74, 6) is -0.553. The molecule has 4 rings (SSSR count). The van der Waals surface area contributed by atoms with Gasteiger partial charge in [-0.3, -0.25) is 9.59 Å². The zero-order valence-electron chi connectivity index (χ0n) is 22.6. The van der Waals surface area contributed by atoms with Crippen LogP contribution in [0.4, 0.5) is 14.5 Å². The summed E-state index contributed by atoms with van der Waals surface area (Å²) in [5.41, 5.74) is 6.73. The molecular formula is C30H42F2N2O4. The number of rotatable bonds is 13. The summed E-state index contributed by atoms with van der Waals surface area (Å²) < 4.78 is 39.7. The SMILES string of the molecule is COCCCO[C@@H](c1ccc(F)cc1F)[C@@H]1CCCN(c2c(C[C@H](CN)CC3CCCCC3)c(=O)c2=O)C1. The van der Waals surface area contributed by atoms with E-state index < -0.39 is 23.2 Å². The van der Waals surface area contributed by atoms with Crippen molar-refractivity contribution in [2.24, 2.45) is 23.5 Å². The summed E-state index contributed by atoms with van der Waals surface area (Å²) in [7, 11) is 1.61. The van der Waals surface area contributed by atoms with Crippen molar-refractivity contribution in [3.05, 3.63) is 61.4 Å². The van der Waals surface area contributed by atoms with E-state index in [0.717, 1.165) is 25.3 Å². The molecule has 3 atom stereocenters. The Balaban J connectivity index is 1.50. The lowest BCUT2D eigenvalue weighted by Gasteiger charge is -2.39. The third kappa shape index (κ3) is 6.88. The number of piperidine rings is 1. The van der Waals surface area contributed by atoms with Crippen molar-refractivity contribution in [2.75, 3.05) is 44.9 Å². The van der Waals surface area contributed by atoms with E-state index in [0.29, 0.717) is 68.4 Å². The second-order valence-electron chi connectivity index (χ2n) is 11.2. The molecule has 0 bridgehead atoms. The summed E-state index contributed by atoms with van der Waals surface area (Å²) >= 11 is 0. The van der Waals surface area contributed by atoms with E-state index in [1.807, 2.05) is 4.90 Å². The molecule has 0 amide bonds. The second kappa shape index (κ2) is 13.8. The Morgan fingerprint density at radius 1 is 1.05 bits per heavy atom. The lowest BCUT2D eigenvalue weighted by molar-refractivity contribution is -0.00441. The smallest absolute Gasteiger partial charge is 0.249 e. The first-order valence-corrected chi connectivity index (χ1v) is 14.3. The number of halogens is 2. The van der Waals surface area contributed by atoms with Gasteiger partial charge in [0, 0.05) is 56.5 Å². The molecule has 1 aliphatic carbocycles. The highest BCUT2D eigenvalue weighted by molar-refractivity contribution is 5.59. The number of ether oxygens (including phenoxy) is 2. The van der Waals surface area contributed by atoms with Gasteiger partial charge in [0.05, 0.1) is 11.8 Å². The minimum Gasteiger partial charge on any atom is -0.385 e. The Hall–Kier alpha value is -2.16. The van der Waals surface area contributed by atoms with Crippen LogP contribution >= 0.6 is 0 Å². The summed E-state index contributed by atoms with van der Waals surface area (Å²) in [5, 5.41) is 0. The fraction of sp³-hybridized carbons (Fsp3) is 0.667. The molecule has 0 aromatic heterocycles. The van der Waals surface area contributed by atoms with Gasteiger partial charge in [0.15, 0.2) is 0 Å². The van der Waals surface area contributed by atoms with E-state index in [1.54, 1.807) is 7.11 Å². The maximum atomic E-state index is 14.8. The summed E-state index contributed by atoms with van der Waals surface area (Å²) in [4.78, 5) is 27.5. The molecule has 2 N–H and O–H groups in total. The maximum absolute atomic E-state index is 14.8. The molecule has 1 saturated carbocycles. The van der Waals surface area contributed by atoms with Crippen LogP contribution in [0.5, 0.6) is 0 Å². The lowest BCUT2D eigenvalue weighted by atomic mass is 9.80. The largest absolute Gasteiger partial charge is 0.385 e. The third-order valence-corrected chi connectivity index (χ3v) is 8.46. The van der Waals surface area contributed by atoms with Crippen LogP contribution in [0.2, 0.25) is 0 Å². The molecule has 1 saturated heterocycles. The van der Waals surface area contributed by atoms with Gasteiger partial charge in [0.2, 0.25) is 10.9 Å². The van der Waals surface area contributed by atoms with Crippen LogP contribution in [-0.4, -0.2) is 40.0 Å². The predicted molar refractivity (Wildman–Crippen MR) is 145 cm³/mol. The Kier molecular flexibility index (Phi) is 10.4. The van der Waals surface area contributed by atoms with Crippen molar-refractivity contribution >= 4 is 5.69 Å². The number of nitrogens with two attached hydrogens (primary N) is 1. The van der Waals surface area contributed by atoms with E-state index in [1.165, 1.54) is 44.2 Å². The minimum absolute atomic E-state index is 0.115. The first-order valence-electron chi connectivity index (χ1n) is 14.3. The third-order valence-electron chi connectivity index (χ3n) is 8.46. The van der Waals surface area contributed by atoms with Gasteiger partial charge in [0.1, 0.15) is 11.6 Å². The van der Waals surface area contributed by atoms with Crippen LogP contribution in [-0.2, 0) is 15.9 Å². The van der Waals surface area contributed by atoms with Gasteiger partial charge in [-0.2, -0.15) is 0 Å². The molecule has 2 aromatic rings. The molecule has 2 fully saturated rings. The van der Waals surface area contributed by atoms with E-state index in [4.69, 9.17) is 15.2 Å². The topological polar surface area (TPSA) is 81.9 Å². The minimum atomic E-state index is -0.637. The van der Waals surface area contributed by atoms with Gasteiger partial charge in [-0.15, -0.1) is 0 Å². The average Bonchev–Trinajstić information content (AvgIpc) is 2.93. The van der Waals surface area contributed by atoms with Crippen LogP contribution in [0.1, 0.15) is 75.0 Å². The Bertz CT molecular complexity index is 1110. The van der Waals surface area contributed by atoms with Crippen LogP contribution in [0.15, 0.2) is 27.8 Å². The zero-order valence-corrected chi connectivity index (χ0v) is 22.6. The Labute approximate surface area is 224 Å². The van der Waals surface area contributed by atoms with Gasteiger partial charge >= 0.3 is 0 Å². The van der Waals surface area contributed by atoms with Crippen molar-refractivity contribution in [1.82, 2.24) is 0 Å². The number of nitrogens with zero attached hydrogens (tertiary/aromatic N) is 1. The summed E-state index contributed by atoms with van der Waals surface area (Å²) in [6.07, 6.45) is 9.40. The standard InChI is InChI=1S/C30H42F2N2O4/c1-37-13-6-14-38-30(24-11-10-23(31)17-26(24)32)22-9-5-12-34(19-22)27-25(28(35)29(27)36)16-21(18-33)15-20-7-3-2-4-8-20/h10-11,17,20-22,30H,2-9,12-16,18-19,33H2,1H3/t21-,22-,30-/m1/s1. The van der Waals surface area contributed by atoms with E-state index in [2.05, 4.69) is 0 Å². The van der Waals surface area contributed by atoms with Gasteiger partial charge in [-0.1, -0.05) is 38.2 Å². The molecule has 6 nitrogen and oxygen atoms in total. The highest BCUT2D eigenvalue weighted by atomic mass is 19.1. The molecule has 2 aromatic carbocycles. The highest BCUT2D eigenvalue weighted by Crippen LogP contribution is 2.37. The van der Waals surface area contributed by atoms with Gasteiger partial charge in [0.25, 0.3) is 0 Å². The zero-order chi connectivity index (χ0) is 27.1. The normalized spacial score (nSPS) is 20.6. The number of methoxy groups -OCH3 is 1. The number of benzene rings is 1. The van der Waals surface area contributed by atoms with Crippen LogP contribution in [0, 0.1) is 29.4 Å². The summed E-state index contributed by atoms with van der Waals surface area (Å²) in [6.45, 7) is 2.52. The lowest BCUT2D eigenvalue weighted by Crippen LogP contribution is -2.49. The molecule has 38 heavy (non-hydrogen) atoms. The van der Waals surface area contributed by atoms with Crippen molar-refractivity contribution in [1.29, 1.82) is 0 Å². The first kappa shape index (κ1) is 28.8. The van der Waals surface area contributed by atoms with Gasteiger partial charge in [-0.25, -0.2) is 8.78 Å². The van der Waals surface area contributed by atoms with Crippen LogP contribution < -0.4 is 21.5 Å². The molecule has 0 spiro atoms. The molecule has 8 heteroatoms. The molecule has 210 valence electrons. The predicted octanol–water partition coefficient (Wildman–Crippen LogP) is 4.66. The monoisotopic (exact) mass is 532 g/mol. The molecule has 2 aliphatic rings. The van der Waals surface area contributed by atoms with E-state index >= 15 is 0 Å². The Morgan fingerprint density at radius 2 is 1.84 bits per heavy atom. The van der Waals surface area contributed by atoms with Crippen LogP contribution in [0.3, 0.4) is 0 Å². The second-order valence-corrected chi connectivity index (χ2v) is 11.2. The molecule has 1 heterocycles. The van der Waals surface area contributed by atoms with Gasteiger partial charge < -0.3 is 20.1 Å². The summed E-state index contributed by atoms with van der Waals surface area (Å²) in [6, 6.07) is 3.58. The van der Waals surface area contributed by atoms with Crippen molar-refractivity contribution < 1.29 is 18.3 Å². The van der Waals surface area contributed by atoms with Gasteiger partial charge in [-0.05, 0) is 56.6 Å². The quantitative estimate of drug-likeness (QED) is 0.299. The fourth-order valence-electron chi connectivity index (χ4n) is 6.48. The van der Waals surface area contributed by atoms with Crippen molar-refractivity contribution in [3.8, 4) is 0 Å². The number of hydrogen-bond acceptors (Lipinski definition) is 6. The molecule has 0 unspecified atom stereocenters. The van der Waals surface area contributed by atoms with Crippen molar-refractivity contribution in [3.63, 3.8) is 0 Å². The first-order chi connectivity index (χ1) is 18.4. The van der Waals surface area contributed by atoms with E-state index in [9.17, 15) is 18.4 Å². The van der Waals surface area contributed by atoms with Crippen molar-refractivity contribution in [2.45, 2.75) is 70.3 Å². The number of hydrogen-bond donors (Lipinski definition) is 1. The molecule has 1 aliphatic heterocycles. The molecular weight excluding hydrogens is 490 g/mol. The highest BCUT2D eigenvalue weighted by Gasteiger charge is 2.35. The fourth-order valence-corrected chi connectivity index (χ4v) is 6.48. The van der Waals surface area contributed by atoms with Crippen LogP contribution in [0.25, 0.3) is 0 Å². The Morgan fingerprint density at radius 3 is 2.55 bits per heavy atom. The average molecular weight is 533 g/mol. The maximum Gasteiger partial charge on any atom is 0.249 e. The molecule has 0 radical (unpaired) electrons. The van der Waals surface area contributed by atoms with E-state index in [-0.39, 0.29) is 17.3 Å². The number of anilines is 1.